The van der Waals surface area contributed by atoms with Crippen LogP contribution in [0.25, 0.3) is 0 Å². The first-order chi connectivity index (χ1) is 6.40. The van der Waals surface area contributed by atoms with Crippen molar-refractivity contribution in [2.75, 3.05) is 18.5 Å². The molecule has 1 aromatic rings. The lowest BCUT2D eigenvalue weighted by Gasteiger charge is -2.27. The van der Waals surface area contributed by atoms with Gasteiger partial charge in [0.15, 0.2) is 0 Å². The van der Waals surface area contributed by atoms with Gasteiger partial charge < -0.3 is 10.0 Å². The van der Waals surface area contributed by atoms with Crippen molar-refractivity contribution >= 4 is 21.6 Å². The molecular weight excluding hydrogens is 242 g/mol. The van der Waals surface area contributed by atoms with Crippen LogP contribution in [0.5, 0.6) is 0 Å². The highest BCUT2D eigenvalue weighted by Crippen LogP contribution is 2.25. The Kier molecular flexibility index (Phi) is 3.56. The molecular formula is C11H16BrNO. The monoisotopic (exact) mass is 257 g/mol. The molecule has 0 bridgehead atoms. The molecule has 0 fully saturated rings. The zero-order valence-electron chi connectivity index (χ0n) is 8.79. The van der Waals surface area contributed by atoms with Crippen molar-refractivity contribution in [2.24, 2.45) is 0 Å². The number of aliphatic hydroxyl groups is 1. The van der Waals surface area contributed by atoms with E-state index in [4.69, 9.17) is 0 Å². The van der Waals surface area contributed by atoms with E-state index >= 15 is 0 Å². The summed E-state index contributed by atoms with van der Waals surface area (Å²) in [4.78, 5) is 2.03. The Bertz CT molecular complexity index is 306. The number of hydrogen-bond donors (Lipinski definition) is 1. The number of likely N-dealkylation sites (N-methyl/N-ethyl adjacent to an activating group) is 1. The smallest absolute Gasteiger partial charge is 0.0765 e. The zero-order valence-corrected chi connectivity index (χ0v) is 10.4. The van der Waals surface area contributed by atoms with E-state index in [1.54, 1.807) is 13.8 Å². The molecule has 0 saturated carbocycles. The van der Waals surface area contributed by atoms with Gasteiger partial charge in [-0.15, -0.1) is 0 Å². The van der Waals surface area contributed by atoms with E-state index in [2.05, 4.69) is 15.9 Å². The van der Waals surface area contributed by atoms with E-state index in [1.807, 2.05) is 36.2 Å². The molecule has 2 nitrogen and oxygen atoms in total. The summed E-state index contributed by atoms with van der Waals surface area (Å²) in [5.74, 6) is 0. The number of rotatable bonds is 3. The molecule has 0 saturated heterocycles. The molecule has 14 heavy (non-hydrogen) atoms. The molecule has 78 valence electrons. The first-order valence-corrected chi connectivity index (χ1v) is 5.37. The van der Waals surface area contributed by atoms with Crippen molar-refractivity contribution < 1.29 is 5.11 Å². The van der Waals surface area contributed by atoms with Gasteiger partial charge in [-0.2, -0.15) is 0 Å². The summed E-state index contributed by atoms with van der Waals surface area (Å²) in [5.41, 5.74) is 0.416. The van der Waals surface area contributed by atoms with Crippen LogP contribution in [0.3, 0.4) is 0 Å². The Hall–Kier alpha value is -0.540. The zero-order chi connectivity index (χ0) is 10.8. The lowest BCUT2D eigenvalue weighted by atomic mass is 10.1. The Balaban J connectivity index is 2.80. The predicted molar refractivity (Wildman–Crippen MR) is 63.7 cm³/mol. The third-order valence-corrected chi connectivity index (χ3v) is 2.56. The fourth-order valence-electron chi connectivity index (χ4n) is 1.43. The van der Waals surface area contributed by atoms with Crippen LogP contribution < -0.4 is 4.90 Å². The summed E-state index contributed by atoms with van der Waals surface area (Å²) in [6, 6.07) is 7.98. The Morgan fingerprint density at radius 3 is 2.43 bits per heavy atom. The number of para-hydroxylation sites is 1. The Morgan fingerprint density at radius 1 is 1.36 bits per heavy atom. The summed E-state index contributed by atoms with van der Waals surface area (Å²) in [7, 11) is 1.97. The third kappa shape index (κ3) is 3.31. The molecule has 0 atom stereocenters. The second-order valence-corrected chi connectivity index (χ2v) is 4.97. The minimum absolute atomic E-state index is 0.607. The van der Waals surface area contributed by atoms with E-state index in [9.17, 15) is 5.11 Å². The minimum Gasteiger partial charge on any atom is -0.389 e. The van der Waals surface area contributed by atoms with E-state index in [-0.39, 0.29) is 0 Å². The maximum Gasteiger partial charge on any atom is 0.0765 e. The number of hydrogen-bond acceptors (Lipinski definition) is 2. The van der Waals surface area contributed by atoms with Crippen LogP contribution in [-0.2, 0) is 0 Å². The highest BCUT2D eigenvalue weighted by molar-refractivity contribution is 9.10. The summed E-state index contributed by atoms with van der Waals surface area (Å²) < 4.78 is 1.05. The topological polar surface area (TPSA) is 23.5 Å². The summed E-state index contributed by atoms with van der Waals surface area (Å²) in [6.07, 6.45) is 0. The van der Waals surface area contributed by atoms with E-state index in [0.29, 0.717) is 6.54 Å². The normalized spacial score (nSPS) is 11.5. The average molecular weight is 258 g/mol. The second kappa shape index (κ2) is 4.32. The molecule has 0 aliphatic rings. The molecule has 3 heteroatoms. The molecule has 1 aromatic carbocycles. The van der Waals surface area contributed by atoms with Crippen LogP contribution >= 0.6 is 15.9 Å². The maximum absolute atomic E-state index is 9.68. The van der Waals surface area contributed by atoms with Crippen molar-refractivity contribution in [3.8, 4) is 0 Å². The van der Waals surface area contributed by atoms with Gasteiger partial charge in [0.2, 0.25) is 0 Å². The summed E-state index contributed by atoms with van der Waals surface area (Å²) in [6.45, 7) is 4.22. The fourth-order valence-corrected chi connectivity index (χ4v) is 2.01. The SMILES string of the molecule is CN(CC(C)(C)O)c1ccccc1Br. The van der Waals surface area contributed by atoms with Gasteiger partial charge in [-0.1, -0.05) is 12.1 Å². The fraction of sp³-hybridized carbons (Fsp3) is 0.455. The van der Waals surface area contributed by atoms with Crippen LogP contribution in [0.15, 0.2) is 28.7 Å². The molecule has 0 heterocycles. The molecule has 0 aromatic heterocycles. The molecule has 0 unspecified atom stereocenters. The van der Waals surface area contributed by atoms with Crippen LogP contribution in [0.1, 0.15) is 13.8 Å². The number of anilines is 1. The first-order valence-electron chi connectivity index (χ1n) is 4.58. The predicted octanol–water partition coefficient (Wildman–Crippen LogP) is 2.66. The summed E-state index contributed by atoms with van der Waals surface area (Å²) >= 11 is 3.48. The van der Waals surface area contributed by atoms with Gasteiger partial charge in [0.1, 0.15) is 0 Å². The standard InChI is InChI=1S/C11H16BrNO/c1-11(2,14)8-13(3)10-7-5-4-6-9(10)12/h4-7,14H,8H2,1-3H3. The van der Waals surface area contributed by atoms with Gasteiger partial charge in [0.25, 0.3) is 0 Å². The van der Waals surface area contributed by atoms with Crippen LogP contribution in [0.4, 0.5) is 5.69 Å². The lowest BCUT2D eigenvalue weighted by Crippen LogP contribution is -2.36. The van der Waals surface area contributed by atoms with Crippen LogP contribution in [0, 0.1) is 0 Å². The molecule has 0 aliphatic heterocycles. The average Bonchev–Trinajstić information content (AvgIpc) is 2.01. The van der Waals surface area contributed by atoms with Crippen molar-refractivity contribution in [3.05, 3.63) is 28.7 Å². The molecule has 0 spiro atoms. The second-order valence-electron chi connectivity index (χ2n) is 4.12. The van der Waals surface area contributed by atoms with Crippen LogP contribution in [0.2, 0.25) is 0 Å². The Labute approximate surface area is 93.7 Å². The Morgan fingerprint density at radius 2 is 1.93 bits per heavy atom. The number of nitrogens with zero attached hydrogens (tertiary/aromatic N) is 1. The molecule has 0 amide bonds. The van der Waals surface area contributed by atoms with Crippen LogP contribution in [-0.4, -0.2) is 24.3 Å². The van der Waals surface area contributed by atoms with Crippen molar-refractivity contribution in [1.29, 1.82) is 0 Å². The van der Waals surface area contributed by atoms with Gasteiger partial charge in [0, 0.05) is 18.1 Å². The largest absolute Gasteiger partial charge is 0.389 e. The van der Waals surface area contributed by atoms with E-state index < -0.39 is 5.60 Å². The van der Waals surface area contributed by atoms with Gasteiger partial charge in [-0.3, -0.25) is 0 Å². The minimum atomic E-state index is -0.677. The van der Waals surface area contributed by atoms with Gasteiger partial charge >= 0.3 is 0 Å². The number of benzene rings is 1. The number of halogens is 1. The van der Waals surface area contributed by atoms with Crippen molar-refractivity contribution in [1.82, 2.24) is 0 Å². The molecule has 0 radical (unpaired) electrons. The molecule has 1 N–H and O–H groups in total. The maximum atomic E-state index is 9.68. The molecule has 1 rings (SSSR count). The first kappa shape index (κ1) is 11.5. The highest BCUT2D eigenvalue weighted by Gasteiger charge is 2.16. The lowest BCUT2D eigenvalue weighted by molar-refractivity contribution is 0.0886. The van der Waals surface area contributed by atoms with Crippen molar-refractivity contribution in [3.63, 3.8) is 0 Å². The van der Waals surface area contributed by atoms with Gasteiger partial charge in [0.05, 0.1) is 11.3 Å². The summed E-state index contributed by atoms with van der Waals surface area (Å²) in [5, 5.41) is 9.68. The quantitative estimate of drug-likeness (QED) is 0.900. The van der Waals surface area contributed by atoms with E-state index in [1.165, 1.54) is 0 Å². The van der Waals surface area contributed by atoms with Gasteiger partial charge in [-0.25, -0.2) is 0 Å². The third-order valence-electron chi connectivity index (χ3n) is 1.89. The van der Waals surface area contributed by atoms with Crippen molar-refractivity contribution in [2.45, 2.75) is 19.4 Å². The molecule has 0 aliphatic carbocycles. The highest BCUT2D eigenvalue weighted by atomic mass is 79.9. The van der Waals surface area contributed by atoms with E-state index in [0.717, 1.165) is 10.2 Å². The van der Waals surface area contributed by atoms with Gasteiger partial charge in [-0.05, 0) is 41.9 Å².